The van der Waals surface area contributed by atoms with Crippen LogP contribution in [0.25, 0.3) is 0 Å². The highest BCUT2D eigenvalue weighted by atomic mass is 35.5. The first kappa shape index (κ1) is 18.1. The van der Waals surface area contributed by atoms with Crippen LogP contribution in [0.4, 0.5) is 4.79 Å². The Morgan fingerprint density at radius 2 is 1.78 bits per heavy atom. The average molecular weight is 340 g/mol. The zero-order chi connectivity index (χ0) is 17.6. The summed E-state index contributed by atoms with van der Waals surface area (Å²) in [4.78, 5) is 10.8. The first-order valence-electron chi connectivity index (χ1n) is 7.60. The molecule has 0 saturated carbocycles. The van der Waals surface area contributed by atoms with E-state index < -0.39 is 30.5 Å². The Morgan fingerprint density at radius 3 is 2.26 bits per heavy atom. The second kappa shape index (κ2) is 6.00. The molecular formula is C16H23BClNO4. The number of hydrogen-bond acceptors (Lipinski definition) is 3. The molecule has 1 saturated heterocycles. The molecule has 5 nitrogen and oxygen atoms in total. The van der Waals surface area contributed by atoms with E-state index in [2.05, 4.69) is 5.32 Å². The fraction of sp³-hybridized carbons (Fsp3) is 0.562. The molecule has 1 atom stereocenters. The van der Waals surface area contributed by atoms with Gasteiger partial charge in [0, 0.05) is 5.02 Å². The third kappa shape index (κ3) is 3.34. The lowest BCUT2D eigenvalue weighted by molar-refractivity contribution is 0.00578. The summed E-state index contributed by atoms with van der Waals surface area (Å²) in [7, 11) is -0.491. The van der Waals surface area contributed by atoms with Crippen molar-refractivity contribution < 1.29 is 19.2 Å². The van der Waals surface area contributed by atoms with E-state index in [1.807, 2.05) is 46.8 Å². The predicted molar refractivity (Wildman–Crippen MR) is 91.5 cm³/mol. The highest BCUT2D eigenvalue weighted by Gasteiger charge is 2.52. The molecule has 0 radical (unpaired) electrons. The summed E-state index contributed by atoms with van der Waals surface area (Å²) in [5.41, 5.74) is 1.58. The van der Waals surface area contributed by atoms with Gasteiger partial charge in [-0.1, -0.05) is 23.7 Å². The molecular weight excluding hydrogens is 316 g/mol. The van der Waals surface area contributed by atoms with Crippen molar-refractivity contribution in [2.24, 2.45) is 0 Å². The summed E-state index contributed by atoms with van der Waals surface area (Å²) < 4.78 is 12.1. The lowest BCUT2D eigenvalue weighted by Crippen LogP contribution is -2.41. The van der Waals surface area contributed by atoms with Crippen LogP contribution >= 0.6 is 11.6 Å². The first-order valence-corrected chi connectivity index (χ1v) is 7.98. The number of carboxylic acid groups (broad SMARTS) is 1. The van der Waals surface area contributed by atoms with Crippen LogP contribution in [-0.2, 0) is 9.31 Å². The topological polar surface area (TPSA) is 67.8 Å². The maximum absolute atomic E-state index is 10.8. The van der Waals surface area contributed by atoms with Crippen LogP contribution in [0.2, 0.25) is 5.02 Å². The van der Waals surface area contributed by atoms with Crippen molar-refractivity contribution in [2.75, 3.05) is 0 Å². The standard InChI is InChI=1S/C16H23BClNO4/c1-9-12(17-22-15(3,4)16(5,6)23-17)8-7-11(13(9)18)10(2)19-14(20)21/h7-8,10,19H,1-6H3,(H,20,21). The van der Waals surface area contributed by atoms with Crippen molar-refractivity contribution in [2.45, 2.75) is 58.8 Å². The van der Waals surface area contributed by atoms with Gasteiger partial charge in [-0.25, -0.2) is 4.79 Å². The van der Waals surface area contributed by atoms with Gasteiger partial charge in [0.25, 0.3) is 0 Å². The number of hydrogen-bond donors (Lipinski definition) is 2. The molecule has 126 valence electrons. The maximum Gasteiger partial charge on any atom is 0.495 e. The van der Waals surface area contributed by atoms with Crippen molar-refractivity contribution in [3.8, 4) is 0 Å². The number of nitrogens with one attached hydrogen (secondary N) is 1. The molecule has 0 aliphatic carbocycles. The minimum atomic E-state index is -1.08. The van der Waals surface area contributed by atoms with Gasteiger partial charge in [0.15, 0.2) is 0 Å². The van der Waals surface area contributed by atoms with Gasteiger partial charge in [-0.2, -0.15) is 0 Å². The SMILES string of the molecule is Cc1c(B2OC(C)(C)C(C)(C)O2)ccc(C(C)NC(=O)O)c1Cl. The second-order valence-corrected chi connectivity index (χ2v) is 7.32. The molecule has 1 fully saturated rings. The van der Waals surface area contributed by atoms with Crippen LogP contribution < -0.4 is 10.8 Å². The Balaban J connectivity index is 2.33. The maximum atomic E-state index is 10.8. The monoisotopic (exact) mass is 339 g/mol. The Bertz CT molecular complexity index is 617. The normalized spacial score (nSPS) is 20.4. The van der Waals surface area contributed by atoms with E-state index >= 15 is 0 Å². The summed E-state index contributed by atoms with van der Waals surface area (Å²) in [6.45, 7) is 11.6. The lowest BCUT2D eigenvalue weighted by Gasteiger charge is -2.32. The third-order valence-corrected chi connectivity index (χ3v) is 5.27. The summed E-state index contributed by atoms with van der Waals surface area (Å²) in [5, 5.41) is 11.8. The lowest BCUT2D eigenvalue weighted by atomic mass is 9.75. The van der Waals surface area contributed by atoms with Gasteiger partial charge in [-0.05, 0) is 58.1 Å². The first-order chi connectivity index (χ1) is 10.5. The molecule has 7 heteroatoms. The number of halogens is 1. The predicted octanol–water partition coefficient (Wildman–Crippen LogP) is 3.28. The van der Waals surface area contributed by atoms with Crippen LogP contribution in [0, 0.1) is 6.92 Å². The molecule has 1 aromatic rings. The molecule has 1 heterocycles. The summed E-state index contributed by atoms with van der Waals surface area (Å²) in [6.07, 6.45) is -1.08. The largest absolute Gasteiger partial charge is 0.495 e. The van der Waals surface area contributed by atoms with E-state index in [1.54, 1.807) is 6.92 Å². The highest BCUT2D eigenvalue weighted by Crippen LogP contribution is 2.37. The minimum Gasteiger partial charge on any atom is -0.465 e. The fourth-order valence-electron chi connectivity index (χ4n) is 2.54. The van der Waals surface area contributed by atoms with E-state index in [0.29, 0.717) is 5.02 Å². The number of carbonyl (C=O) groups is 1. The average Bonchev–Trinajstić information content (AvgIpc) is 2.60. The van der Waals surface area contributed by atoms with Gasteiger partial charge >= 0.3 is 13.2 Å². The van der Waals surface area contributed by atoms with Crippen LogP contribution in [0.1, 0.15) is 51.8 Å². The summed E-state index contributed by atoms with van der Waals surface area (Å²) in [6, 6.07) is 3.31. The Morgan fingerprint density at radius 1 is 1.26 bits per heavy atom. The van der Waals surface area contributed by atoms with Crippen LogP contribution in [0.3, 0.4) is 0 Å². The van der Waals surface area contributed by atoms with Gasteiger partial charge in [0.2, 0.25) is 0 Å². The van der Waals surface area contributed by atoms with E-state index in [-0.39, 0.29) is 0 Å². The number of benzene rings is 1. The molecule has 1 aliphatic rings. The fourth-order valence-corrected chi connectivity index (χ4v) is 2.88. The molecule has 1 aliphatic heterocycles. The Kier molecular flexibility index (Phi) is 4.73. The van der Waals surface area contributed by atoms with Gasteiger partial charge in [0.1, 0.15) is 0 Å². The van der Waals surface area contributed by atoms with E-state index in [4.69, 9.17) is 26.0 Å². The molecule has 2 N–H and O–H groups in total. The molecule has 0 aromatic heterocycles. The van der Waals surface area contributed by atoms with Crippen molar-refractivity contribution >= 4 is 30.3 Å². The molecule has 1 aromatic carbocycles. The molecule has 2 rings (SSSR count). The van der Waals surface area contributed by atoms with Crippen LogP contribution in [-0.4, -0.2) is 29.5 Å². The van der Waals surface area contributed by atoms with Gasteiger partial charge in [-0.15, -0.1) is 0 Å². The molecule has 1 amide bonds. The summed E-state index contributed by atoms with van der Waals surface area (Å²) >= 11 is 6.45. The number of amides is 1. The van der Waals surface area contributed by atoms with Crippen molar-refractivity contribution in [1.29, 1.82) is 0 Å². The van der Waals surface area contributed by atoms with E-state index in [1.165, 1.54) is 0 Å². The molecule has 1 unspecified atom stereocenters. The Labute approximate surface area is 142 Å². The number of rotatable bonds is 3. The molecule has 0 spiro atoms. The van der Waals surface area contributed by atoms with E-state index in [0.717, 1.165) is 16.6 Å². The molecule has 23 heavy (non-hydrogen) atoms. The van der Waals surface area contributed by atoms with E-state index in [9.17, 15) is 4.79 Å². The van der Waals surface area contributed by atoms with Crippen molar-refractivity contribution in [3.63, 3.8) is 0 Å². The van der Waals surface area contributed by atoms with Gasteiger partial charge in [-0.3, -0.25) is 0 Å². The van der Waals surface area contributed by atoms with Crippen molar-refractivity contribution in [3.05, 3.63) is 28.3 Å². The highest BCUT2D eigenvalue weighted by molar-refractivity contribution is 6.63. The zero-order valence-corrected chi connectivity index (χ0v) is 15.1. The summed E-state index contributed by atoms with van der Waals surface area (Å²) in [5.74, 6) is 0. The molecule has 0 bridgehead atoms. The van der Waals surface area contributed by atoms with Gasteiger partial charge in [0.05, 0.1) is 17.2 Å². The minimum absolute atomic E-state index is 0.397. The van der Waals surface area contributed by atoms with Crippen LogP contribution in [0.5, 0.6) is 0 Å². The zero-order valence-electron chi connectivity index (χ0n) is 14.4. The second-order valence-electron chi connectivity index (χ2n) is 6.94. The van der Waals surface area contributed by atoms with Crippen molar-refractivity contribution in [1.82, 2.24) is 5.32 Å². The quantitative estimate of drug-likeness (QED) is 0.829. The third-order valence-electron chi connectivity index (χ3n) is 4.77. The van der Waals surface area contributed by atoms with Gasteiger partial charge < -0.3 is 19.7 Å². The smallest absolute Gasteiger partial charge is 0.465 e. The van der Waals surface area contributed by atoms with Crippen LogP contribution in [0.15, 0.2) is 12.1 Å². The Hall–Kier alpha value is -1.24.